The molecule has 2 unspecified atom stereocenters. The predicted octanol–water partition coefficient (Wildman–Crippen LogP) is 17.9. The van der Waals surface area contributed by atoms with E-state index in [1.165, 1.54) is 122 Å². The van der Waals surface area contributed by atoms with Gasteiger partial charge in [-0.2, -0.15) is 0 Å². The first-order valence-electron chi connectivity index (χ1n) is 33.8. The van der Waals surface area contributed by atoms with Crippen molar-refractivity contribution in [1.82, 2.24) is 0 Å². The minimum atomic E-state index is -4.95. The minimum Gasteiger partial charge on any atom is -0.462 e. The molecule has 0 aromatic rings. The molecule has 3 N–H and O–H groups in total. The molecule has 0 saturated heterocycles. The number of phosphoric acid groups is 2. The maximum absolute atomic E-state index is 13.0. The Morgan fingerprint density at radius 2 is 0.548 bits per heavy atom. The third kappa shape index (κ3) is 59.0. The lowest BCUT2D eigenvalue weighted by Gasteiger charge is -2.21. The van der Waals surface area contributed by atoms with E-state index in [0.29, 0.717) is 25.7 Å². The number of carbonyl (C=O) groups is 4. The van der Waals surface area contributed by atoms with Crippen molar-refractivity contribution < 1.29 is 80.2 Å². The SMILES string of the molecule is CCCCCCCCCCC(=O)OC[C@H](COP(=O)(O)OC[C@H](O)COP(=O)(O)OC[C@@H](COC(=O)CCCCCCCCCCCC(C)C)OC(=O)CCCCCCCCCCCC(C)C)OC(=O)CCCCCCCCCCCC(C)C. The summed E-state index contributed by atoms with van der Waals surface area (Å²) in [4.78, 5) is 72.2. The van der Waals surface area contributed by atoms with Gasteiger partial charge in [0.25, 0.3) is 0 Å². The quantitative estimate of drug-likeness (QED) is 0.0222. The second-order valence-electron chi connectivity index (χ2n) is 24.9. The summed E-state index contributed by atoms with van der Waals surface area (Å²) in [5.41, 5.74) is 0. The van der Waals surface area contributed by atoms with Crippen molar-refractivity contribution in [2.75, 3.05) is 39.6 Å². The number of hydrogen-bond donors (Lipinski definition) is 3. The molecule has 0 aromatic heterocycles. The number of carbonyl (C=O) groups excluding carboxylic acids is 4. The molecule has 0 amide bonds. The van der Waals surface area contributed by atoms with E-state index in [4.69, 9.17) is 37.0 Å². The summed E-state index contributed by atoms with van der Waals surface area (Å²) >= 11 is 0. The average Bonchev–Trinajstić information content (AvgIpc) is 3.54. The van der Waals surface area contributed by atoms with Gasteiger partial charge in [0.1, 0.15) is 19.3 Å². The van der Waals surface area contributed by atoms with Crippen molar-refractivity contribution in [3.05, 3.63) is 0 Å². The van der Waals surface area contributed by atoms with Gasteiger partial charge < -0.3 is 33.8 Å². The van der Waals surface area contributed by atoms with Crippen LogP contribution in [0.25, 0.3) is 0 Å². The molecule has 0 rings (SSSR count). The fraction of sp³-hybridized carbons (Fsp3) is 0.938. The summed E-state index contributed by atoms with van der Waals surface area (Å²) in [7, 11) is -9.89. The van der Waals surface area contributed by atoms with E-state index in [-0.39, 0.29) is 25.7 Å². The molecule has 0 saturated carbocycles. The van der Waals surface area contributed by atoms with Gasteiger partial charge in [-0.15, -0.1) is 0 Å². The molecular weight excluding hydrogens is 1110 g/mol. The average molecular weight is 1240 g/mol. The third-order valence-electron chi connectivity index (χ3n) is 14.9. The highest BCUT2D eigenvalue weighted by molar-refractivity contribution is 7.47. The first-order chi connectivity index (χ1) is 40.2. The second kappa shape index (κ2) is 56.3. The van der Waals surface area contributed by atoms with Crippen LogP contribution in [0, 0.1) is 17.8 Å². The maximum Gasteiger partial charge on any atom is 0.472 e. The number of hydrogen-bond acceptors (Lipinski definition) is 15. The maximum atomic E-state index is 13.0. The van der Waals surface area contributed by atoms with Crippen LogP contribution in [0.2, 0.25) is 0 Å². The molecule has 19 heteroatoms. The van der Waals surface area contributed by atoms with Crippen LogP contribution in [0.5, 0.6) is 0 Å². The summed E-state index contributed by atoms with van der Waals surface area (Å²) in [5.74, 6) is 0.0800. The minimum absolute atomic E-state index is 0.104. The smallest absolute Gasteiger partial charge is 0.462 e. The van der Waals surface area contributed by atoms with Crippen molar-refractivity contribution in [2.45, 2.75) is 336 Å². The summed E-state index contributed by atoms with van der Waals surface area (Å²) in [5, 5.41) is 10.5. The Morgan fingerprint density at radius 3 is 0.810 bits per heavy atom. The number of ether oxygens (including phenoxy) is 4. The van der Waals surface area contributed by atoms with Crippen LogP contribution >= 0.6 is 15.6 Å². The van der Waals surface area contributed by atoms with E-state index >= 15 is 0 Å². The number of aliphatic hydroxyl groups is 1. The summed E-state index contributed by atoms with van der Waals surface area (Å²) < 4.78 is 68.0. The molecule has 0 aliphatic carbocycles. The molecule has 84 heavy (non-hydrogen) atoms. The molecule has 498 valence electrons. The fourth-order valence-electron chi connectivity index (χ4n) is 9.66. The zero-order valence-corrected chi connectivity index (χ0v) is 56.1. The summed E-state index contributed by atoms with van der Waals surface area (Å²) in [6, 6.07) is 0. The summed E-state index contributed by atoms with van der Waals surface area (Å²) in [6.07, 6.45) is 37.6. The monoisotopic (exact) mass is 1240 g/mol. The Kier molecular flexibility index (Phi) is 55.0. The highest BCUT2D eigenvalue weighted by Gasteiger charge is 2.30. The lowest BCUT2D eigenvalue weighted by Crippen LogP contribution is -2.30. The van der Waals surface area contributed by atoms with Crippen LogP contribution in [0.3, 0.4) is 0 Å². The molecule has 17 nitrogen and oxygen atoms in total. The standard InChI is InChI=1S/C65H126O17P2/c1-8-9-10-11-12-25-32-39-46-62(67)75-52-60(81-64(69)48-41-34-27-20-14-17-23-30-37-44-57(4)5)54-79-83(71,72)77-50-59(66)51-78-84(73,74)80-55-61(82-65(70)49-42-35-28-21-15-18-24-31-38-45-58(6)7)53-76-63(68)47-40-33-26-19-13-16-22-29-36-43-56(2)3/h56-61,66H,8-55H2,1-7H3,(H,71,72)(H,73,74)/t59-,60+,61+/m0/s1. The Morgan fingerprint density at radius 1 is 0.321 bits per heavy atom. The Labute approximate surface area is 511 Å². The van der Waals surface area contributed by atoms with Gasteiger partial charge in [-0.3, -0.25) is 37.3 Å². The Hall–Kier alpha value is -1.94. The fourth-order valence-corrected chi connectivity index (χ4v) is 11.2. The molecule has 0 heterocycles. The van der Waals surface area contributed by atoms with Crippen LogP contribution in [-0.2, 0) is 65.4 Å². The van der Waals surface area contributed by atoms with E-state index in [0.717, 1.165) is 114 Å². The van der Waals surface area contributed by atoms with Crippen molar-refractivity contribution in [2.24, 2.45) is 17.8 Å². The molecule has 0 fully saturated rings. The highest BCUT2D eigenvalue weighted by Crippen LogP contribution is 2.45. The zero-order valence-electron chi connectivity index (χ0n) is 54.4. The van der Waals surface area contributed by atoms with Crippen molar-refractivity contribution in [3.63, 3.8) is 0 Å². The van der Waals surface area contributed by atoms with E-state index in [1.807, 2.05) is 0 Å². The van der Waals surface area contributed by atoms with Gasteiger partial charge in [0.15, 0.2) is 12.2 Å². The van der Waals surface area contributed by atoms with Crippen LogP contribution in [0.4, 0.5) is 0 Å². The Bertz CT molecular complexity index is 1660. The molecule has 5 atom stereocenters. The number of aliphatic hydroxyl groups excluding tert-OH is 1. The third-order valence-corrected chi connectivity index (χ3v) is 16.8. The van der Waals surface area contributed by atoms with Crippen LogP contribution < -0.4 is 0 Å². The molecule has 0 radical (unpaired) electrons. The van der Waals surface area contributed by atoms with Crippen LogP contribution in [0.15, 0.2) is 0 Å². The normalized spacial score (nSPS) is 14.3. The lowest BCUT2D eigenvalue weighted by atomic mass is 10.0. The number of esters is 4. The molecule has 0 spiro atoms. The largest absolute Gasteiger partial charge is 0.472 e. The van der Waals surface area contributed by atoms with E-state index < -0.39 is 97.5 Å². The second-order valence-corrected chi connectivity index (χ2v) is 27.8. The van der Waals surface area contributed by atoms with E-state index in [9.17, 15) is 43.2 Å². The molecular formula is C65H126O17P2. The van der Waals surface area contributed by atoms with E-state index in [2.05, 4.69) is 48.5 Å². The van der Waals surface area contributed by atoms with Crippen molar-refractivity contribution in [3.8, 4) is 0 Å². The number of unbranched alkanes of at least 4 members (excludes halogenated alkanes) is 31. The molecule has 0 aliphatic heterocycles. The van der Waals surface area contributed by atoms with Gasteiger partial charge >= 0.3 is 39.5 Å². The predicted molar refractivity (Wildman–Crippen MR) is 335 cm³/mol. The van der Waals surface area contributed by atoms with Gasteiger partial charge in [-0.05, 0) is 43.4 Å². The van der Waals surface area contributed by atoms with Crippen molar-refractivity contribution in [1.29, 1.82) is 0 Å². The zero-order chi connectivity index (χ0) is 62.4. The first kappa shape index (κ1) is 82.1. The first-order valence-corrected chi connectivity index (χ1v) is 36.8. The van der Waals surface area contributed by atoms with E-state index in [1.54, 1.807) is 0 Å². The molecule has 0 bridgehead atoms. The lowest BCUT2D eigenvalue weighted by molar-refractivity contribution is -0.161. The molecule has 0 aromatic carbocycles. The van der Waals surface area contributed by atoms with Gasteiger partial charge in [0.05, 0.1) is 26.4 Å². The van der Waals surface area contributed by atoms with Gasteiger partial charge in [-0.1, -0.05) is 267 Å². The van der Waals surface area contributed by atoms with Gasteiger partial charge in [0, 0.05) is 25.7 Å². The summed E-state index contributed by atoms with van der Waals surface area (Å²) in [6.45, 7) is 11.7. The Balaban J connectivity index is 5.24. The number of rotatable bonds is 63. The highest BCUT2D eigenvalue weighted by atomic mass is 31.2. The van der Waals surface area contributed by atoms with Crippen LogP contribution in [0.1, 0.15) is 318 Å². The number of phosphoric ester groups is 2. The van der Waals surface area contributed by atoms with Crippen LogP contribution in [-0.4, -0.2) is 96.7 Å². The van der Waals surface area contributed by atoms with Crippen molar-refractivity contribution >= 4 is 39.5 Å². The topological polar surface area (TPSA) is 237 Å². The van der Waals surface area contributed by atoms with Gasteiger partial charge in [-0.25, -0.2) is 9.13 Å². The van der Waals surface area contributed by atoms with Gasteiger partial charge in [0.2, 0.25) is 0 Å². The molecule has 0 aliphatic rings.